The predicted octanol–water partition coefficient (Wildman–Crippen LogP) is 3.34. The lowest BCUT2D eigenvalue weighted by molar-refractivity contribution is 0.552. The number of hydrogen-bond donors (Lipinski definition) is 0. The molecule has 1 rings (SSSR count). The van der Waals surface area contributed by atoms with Gasteiger partial charge in [0.15, 0.2) is 0 Å². The van der Waals surface area contributed by atoms with E-state index < -0.39 is 0 Å². The van der Waals surface area contributed by atoms with E-state index in [1.165, 1.54) is 0 Å². The van der Waals surface area contributed by atoms with Gasteiger partial charge in [0.05, 0.1) is 6.26 Å². The molecule has 68 valence electrons. The highest BCUT2D eigenvalue weighted by Crippen LogP contribution is 2.26. The van der Waals surface area contributed by atoms with Crippen molar-refractivity contribution >= 4 is 6.08 Å². The van der Waals surface area contributed by atoms with Gasteiger partial charge >= 0.3 is 0 Å². The zero-order valence-corrected chi connectivity index (χ0v) is 8.29. The quantitative estimate of drug-likeness (QED) is 0.627. The minimum atomic E-state index is -0.202. The van der Waals surface area contributed by atoms with Gasteiger partial charge in [-0.25, -0.2) is 0 Å². The molecule has 0 unspecified atom stereocenters. The molecule has 1 aromatic heterocycles. The van der Waals surface area contributed by atoms with Crippen LogP contribution in [0.25, 0.3) is 6.08 Å². The molecule has 1 heterocycles. The van der Waals surface area contributed by atoms with Gasteiger partial charge in [-0.3, -0.25) is 0 Å². The van der Waals surface area contributed by atoms with E-state index in [9.17, 15) is 0 Å². The van der Waals surface area contributed by atoms with E-state index in [4.69, 9.17) is 10.8 Å². The summed E-state index contributed by atoms with van der Waals surface area (Å²) in [5.74, 6) is 3.59. The van der Waals surface area contributed by atoms with Gasteiger partial charge in [-0.1, -0.05) is 11.5 Å². The molecule has 0 aliphatic carbocycles. The normalized spacial score (nSPS) is 12.6. The average molecular weight is 174 g/mol. The molecule has 1 heteroatoms. The zero-order chi connectivity index (χ0) is 9.90. The van der Waals surface area contributed by atoms with Crippen molar-refractivity contribution < 1.29 is 4.42 Å². The molecule has 0 bridgehead atoms. The minimum absolute atomic E-state index is 0.202. The Labute approximate surface area is 79.5 Å². The Morgan fingerprint density at radius 1 is 1.62 bits per heavy atom. The van der Waals surface area contributed by atoms with Gasteiger partial charge in [0.2, 0.25) is 0 Å². The maximum atomic E-state index is 5.41. The van der Waals surface area contributed by atoms with Crippen LogP contribution in [-0.4, -0.2) is 0 Å². The minimum Gasteiger partial charge on any atom is -0.465 e. The highest BCUT2D eigenvalue weighted by molar-refractivity contribution is 5.50. The van der Waals surface area contributed by atoms with E-state index in [0.29, 0.717) is 0 Å². The van der Waals surface area contributed by atoms with Crippen molar-refractivity contribution in [3.8, 4) is 12.3 Å². The first-order chi connectivity index (χ1) is 6.06. The molecule has 0 saturated carbocycles. The molecular weight excluding hydrogens is 160 g/mol. The highest BCUT2D eigenvalue weighted by atomic mass is 16.3. The SMILES string of the molecule is C#CC(C)(C)/C(C)=C/c1ccco1. The van der Waals surface area contributed by atoms with Crippen molar-refractivity contribution in [2.45, 2.75) is 20.8 Å². The van der Waals surface area contributed by atoms with Crippen LogP contribution in [-0.2, 0) is 0 Å². The monoisotopic (exact) mass is 174 g/mol. The number of allylic oxidation sites excluding steroid dienone is 1. The highest BCUT2D eigenvalue weighted by Gasteiger charge is 2.16. The molecule has 0 amide bonds. The van der Waals surface area contributed by atoms with E-state index in [-0.39, 0.29) is 5.41 Å². The molecule has 0 aliphatic heterocycles. The summed E-state index contributed by atoms with van der Waals surface area (Å²) < 4.78 is 5.20. The van der Waals surface area contributed by atoms with Gasteiger partial charge in [0, 0.05) is 5.41 Å². The van der Waals surface area contributed by atoms with E-state index in [2.05, 4.69) is 5.92 Å². The summed E-state index contributed by atoms with van der Waals surface area (Å²) >= 11 is 0. The molecule has 0 radical (unpaired) electrons. The molecule has 0 atom stereocenters. The number of furan rings is 1. The topological polar surface area (TPSA) is 13.1 Å². The van der Waals surface area contributed by atoms with Gasteiger partial charge < -0.3 is 4.42 Å². The van der Waals surface area contributed by atoms with Crippen LogP contribution in [0.2, 0.25) is 0 Å². The Morgan fingerprint density at radius 3 is 2.77 bits per heavy atom. The smallest absolute Gasteiger partial charge is 0.126 e. The maximum absolute atomic E-state index is 5.41. The van der Waals surface area contributed by atoms with Crippen molar-refractivity contribution in [3.63, 3.8) is 0 Å². The second-order valence-corrected chi connectivity index (χ2v) is 3.61. The lowest BCUT2D eigenvalue weighted by Crippen LogP contribution is -2.08. The second kappa shape index (κ2) is 3.53. The fraction of sp³-hybridized carbons (Fsp3) is 0.333. The van der Waals surface area contributed by atoms with Gasteiger partial charge in [0.1, 0.15) is 5.76 Å². The fourth-order valence-corrected chi connectivity index (χ4v) is 0.881. The Kier molecular flexibility index (Phi) is 2.63. The van der Waals surface area contributed by atoms with Crippen molar-refractivity contribution in [2.75, 3.05) is 0 Å². The number of hydrogen-bond acceptors (Lipinski definition) is 1. The lowest BCUT2D eigenvalue weighted by Gasteiger charge is -2.17. The average Bonchev–Trinajstić information content (AvgIpc) is 2.57. The Morgan fingerprint density at radius 2 is 2.31 bits per heavy atom. The van der Waals surface area contributed by atoms with Crippen molar-refractivity contribution in [2.24, 2.45) is 5.41 Å². The van der Waals surface area contributed by atoms with E-state index in [1.54, 1.807) is 6.26 Å². The Hall–Kier alpha value is -1.42. The van der Waals surface area contributed by atoms with Crippen LogP contribution in [0.3, 0.4) is 0 Å². The van der Waals surface area contributed by atoms with Crippen LogP contribution in [0.5, 0.6) is 0 Å². The molecule has 0 spiro atoms. The summed E-state index contributed by atoms with van der Waals surface area (Å²) in [7, 11) is 0. The molecule has 13 heavy (non-hydrogen) atoms. The first-order valence-electron chi connectivity index (χ1n) is 4.26. The van der Waals surface area contributed by atoms with Gasteiger partial charge in [0.25, 0.3) is 0 Å². The second-order valence-electron chi connectivity index (χ2n) is 3.61. The maximum Gasteiger partial charge on any atom is 0.126 e. The van der Waals surface area contributed by atoms with Crippen LogP contribution < -0.4 is 0 Å². The third kappa shape index (κ3) is 2.26. The summed E-state index contributed by atoms with van der Waals surface area (Å²) in [5, 5.41) is 0. The van der Waals surface area contributed by atoms with E-state index in [1.807, 2.05) is 39.0 Å². The number of rotatable bonds is 2. The zero-order valence-electron chi connectivity index (χ0n) is 8.29. The Balaban J connectivity index is 2.92. The fourth-order valence-electron chi connectivity index (χ4n) is 0.881. The van der Waals surface area contributed by atoms with Crippen molar-refractivity contribution in [1.82, 2.24) is 0 Å². The molecule has 1 nitrogen and oxygen atoms in total. The van der Waals surface area contributed by atoms with Crippen LogP contribution in [0.4, 0.5) is 0 Å². The first kappa shape index (κ1) is 9.67. The predicted molar refractivity (Wildman–Crippen MR) is 55.0 cm³/mol. The molecular formula is C12H14O. The molecule has 1 aromatic rings. The van der Waals surface area contributed by atoms with Crippen LogP contribution in [0.15, 0.2) is 28.4 Å². The van der Waals surface area contributed by atoms with Crippen LogP contribution in [0, 0.1) is 17.8 Å². The van der Waals surface area contributed by atoms with Crippen molar-refractivity contribution in [1.29, 1.82) is 0 Å². The standard InChI is InChI=1S/C12H14O/c1-5-12(3,4)10(2)9-11-7-6-8-13-11/h1,6-9H,2-4H3/b10-9+. The largest absolute Gasteiger partial charge is 0.465 e. The van der Waals surface area contributed by atoms with Gasteiger partial charge in [-0.05, 0) is 39.0 Å². The summed E-state index contributed by atoms with van der Waals surface area (Å²) in [6, 6.07) is 3.78. The summed E-state index contributed by atoms with van der Waals surface area (Å²) in [6.07, 6.45) is 9.04. The third-order valence-electron chi connectivity index (χ3n) is 2.25. The van der Waals surface area contributed by atoms with Crippen LogP contribution in [0.1, 0.15) is 26.5 Å². The van der Waals surface area contributed by atoms with Gasteiger partial charge in [-0.15, -0.1) is 6.42 Å². The first-order valence-corrected chi connectivity index (χ1v) is 4.26. The molecule has 0 aromatic carbocycles. The molecule has 0 N–H and O–H groups in total. The van der Waals surface area contributed by atoms with E-state index >= 15 is 0 Å². The van der Waals surface area contributed by atoms with E-state index in [0.717, 1.165) is 11.3 Å². The number of terminal acetylenes is 1. The molecule has 0 saturated heterocycles. The van der Waals surface area contributed by atoms with Gasteiger partial charge in [-0.2, -0.15) is 0 Å². The Bertz CT molecular complexity index is 334. The summed E-state index contributed by atoms with van der Waals surface area (Å²) in [5.41, 5.74) is 0.928. The lowest BCUT2D eigenvalue weighted by atomic mass is 9.86. The molecule has 0 fully saturated rings. The molecule has 0 aliphatic rings. The summed E-state index contributed by atoms with van der Waals surface area (Å²) in [4.78, 5) is 0. The summed E-state index contributed by atoms with van der Waals surface area (Å²) in [6.45, 7) is 6.05. The van der Waals surface area contributed by atoms with Crippen LogP contribution >= 0.6 is 0 Å². The van der Waals surface area contributed by atoms with Crippen molar-refractivity contribution in [3.05, 3.63) is 29.7 Å². The third-order valence-corrected chi connectivity index (χ3v) is 2.25.